The highest BCUT2D eigenvalue weighted by Gasteiger charge is 2.36. The Morgan fingerprint density at radius 2 is 1.77 bits per heavy atom. The topological polar surface area (TPSA) is 58.6 Å². The number of hydrogen-bond donors (Lipinski definition) is 2. The molecule has 1 heterocycles. The number of rotatable bonds is 9. The molecule has 0 aliphatic heterocycles. The van der Waals surface area contributed by atoms with Gasteiger partial charge in [0.1, 0.15) is 17.2 Å². The van der Waals surface area contributed by atoms with Crippen molar-refractivity contribution in [2.45, 2.75) is 25.7 Å². The summed E-state index contributed by atoms with van der Waals surface area (Å²) in [6, 6.07) is 17.2. The maximum absolute atomic E-state index is 13.5. The van der Waals surface area contributed by atoms with Crippen LogP contribution in [0.15, 0.2) is 60.7 Å². The number of ether oxygens (including phenoxy) is 1. The molecule has 158 valence electrons. The van der Waals surface area contributed by atoms with Crippen molar-refractivity contribution in [2.75, 3.05) is 6.54 Å². The predicted molar refractivity (Wildman–Crippen MR) is 109 cm³/mol. The van der Waals surface area contributed by atoms with E-state index in [1.54, 1.807) is 42.5 Å². The van der Waals surface area contributed by atoms with E-state index in [9.17, 15) is 18.0 Å². The highest BCUT2D eigenvalue weighted by Crippen LogP contribution is 2.43. The van der Waals surface area contributed by atoms with Crippen molar-refractivity contribution >= 4 is 17.3 Å². The van der Waals surface area contributed by atoms with Gasteiger partial charge in [0.25, 0.3) is 0 Å². The molecule has 0 unspecified atom stereocenters. The van der Waals surface area contributed by atoms with Gasteiger partial charge < -0.3 is 15.2 Å². The third-order valence-corrected chi connectivity index (χ3v) is 5.43. The summed E-state index contributed by atoms with van der Waals surface area (Å²) in [4.78, 5) is 10.3. The molecule has 1 aromatic heterocycles. The Kier molecular flexibility index (Phi) is 7.12. The molecule has 0 bridgehead atoms. The van der Waals surface area contributed by atoms with Gasteiger partial charge in [-0.05, 0) is 29.3 Å². The number of hydrogen-bond acceptors (Lipinski definition) is 4. The summed E-state index contributed by atoms with van der Waals surface area (Å²) in [6.45, 7) is 0.932. The van der Waals surface area contributed by atoms with Gasteiger partial charge >= 0.3 is 12.1 Å². The van der Waals surface area contributed by atoms with Crippen molar-refractivity contribution in [3.63, 3.8) is 0 Å². The molecule has 4 nitrogen and oxygen atoms in total. The summed E-state index contributed by atoms with van der Waals surface area (Å²) in [5.74, 6) is -0.309. The van der Waals surface area contributed by atoms with E-state index in [0.717, 1.165) is 5.56 Å². The third-order valence-electron chi connectivity index (χ3n) is 4.27. The fourth-order valence-electron chi connectivity index (χ4n) is 2.84. The highest BCUT2D eigenvalue weighted by molar-refractivity contribution is 7.12. The quantitative estimate of drug-likeness (QED) is 0.431. The largest absolute Gasteiger partial charge is 0.488 e. The molecule has 8 heteroatoms. The standard InChI is InChI=1S/C22H20F3NO3S/c23-22(24,25)21-19(16-4-2-1-3-5-16)12-18(30-21)14-29-17-8-6-15(7-9-17)13-26-11-10-20(27)28/h1-9,12,26H,10-11,13-14H2,(H,27,28). The summed E-state index contributed by atoms with van der Waals surface area (Å²) < 4.78 is 46.0. The molecule has 0 spiro atoms. The van der Waals surface area contributed by atoms with Crippen LogP contribution in [0.5, 0.6) is 5.75 Å². The van der Waals surface area contributed by atoms with Crippen LogP contribution in [0.2, 0.25) is 0 Å². The predicted octanol–water partition coefficient (Wildman–Crippen LogP) is 5.58. The average Bonchev–Trinajstić information content (AvgIpc) is 3.16. The van der Waals surface area contributed by atoms with E-state index in [-0.39, 0.29) is 18.6 Å². The Balaban J connectivity index is 1.63. The molecule has 0 atom stereocenters. The zero-order chi connectivity index (χ0) is 21.6. The van der Waals surface area contributed by atoms with Crippen molar-refractivity contribution in [1.82, 2.24) is 5.32 Å². The third kappa shape index (κ3) is 6.08. The molecular formula is C22H20F3NO3S. The molecule has 2 N–H and O–H groups in total. The van der Waals surface area contributed by atoms with Crippen molar-refractivity contribution in [2.24, 2.45) is 0 Å². The van der Waals surface area contributed by atoms with Crippen LogP contribution in [0, 0.1) is 0 Å². The van der Waals surface area contributed by atoms with Crippen LogP contribution in [0.4, 0.5) is 13.2 Å². The molecule has 2 aromatic carbocycles. The van der Waals surface area contributed by atoms with Gasteiger partial charge in [-0.25, -0.2) is 0 Å². The van der Waals surface area contributed by atoms with Gasteiger partial charge in [-0.1, -0.05) is 42.5 Å². The van der Waals surface area contributed by atoms with E-state index < -0.39 is 17.0 Å². The van der Waals surface area contributed by atoms with E-state index in [1.807, 2.05) is 12.1 Å². The van der Waals surface area contributed by atoms with E-state index in [4.69, 9.17) is 9.84 Å². The smallest absolute Gasteiger partial charge is 0.426 e. The molecule has 0 saturated carbocycles. The fraction of sp³-hybridized carbons (Fsp3) is 0.227. The Hall–Kier alpha value is -2.84. The van der Waals surface area contributed by atoms with Gasteiger partial charge in [-0.3, -0.25) is 4.79 Å². The number of halogens is 3. The van der Waals surface area contributed by atoms with E-state index >= 15 is 0 Å². The van der Waals surface area contributed by atoms with Gasteiger partial charge in [0.15, 0.2) is 0 Å². The first-order chi connectivity index (χ1) is 14.3. The maximum atomic E-state index is 13.5. The molecule has 0 saturated heterocycles. The molecule has 30 heavy (non-hydrogen) atoms. The molecule has 0 fully saturated rings. The SMILES string of the molecule is O=C(O)CCNCc1ccc(OCc2cc(-c3ccccc3)c(C(F)(F)F)s2)cc1. The number of thiophene rings is 1. The van der Waals surface area contributed by atoms with Crippen molar-refractivity contribution in [3.05, 3.63) is 76.0 Å². The van der Waals surface area contributed by atoms with Crippen LogP contribution >= 0.6 is 11.3 Å². The van der Waals surface area contributed by atoms with Crippen LogP contribution in [-0.4, -0.2) is 17.6 Å². The highest BCUT2D eigenvalue weighted by atomic mass is 32.1. The summed E-state index contributed by atoms with van der Waals surface area (Å²) in [5, 5.41) is 11.6. The second kappa shape index (κ2) is 9.77. The van der Waals surface area contributed by atoms with Crippen LogP contribution in [0.3, 0.4) is 0 Å². The first kappa shape index (κ1) is 21.9. The Bertz CT molecular complexity index is 970. The lowest BCUT2D eigenvalue weighted by Gasteiger charge is -2.07. The molecule has 3 rings (SSSR count). The summed E-state index contributed by atoms with van der Waals surface area (Å²) in [6.07, 6.45) is -4.38. The number of aliphatic carboxylic acids is 1. The van der Waals surface area contributed by atoms with Crippen LogP contribution in [-0.2, 0) is 24.1 Å². The average molecular weight is 435 g/mol. The number of nitrogens with one attached hydrogen (secondary N) is 1. The number of alkyl halides is 3. The minimum atomic E-state index is -4.43. The number of benzene rings is 2. The monoisotopic (exact) mass is 435 g/mol. The fourth-order valence-corrected chi connectivity index (χ4v) is 3.80. The van der Waals surface area contributed by atoms with Gasteiger partial charge in [0, 0.05) is 23.5 Å². The van der Waals surface area contributed by atoms with E-state index in [0.29, 0.717) is 40.6 Å². The lowest BCUT2D eigenvalue weighted by molar-refractivity contribution is -0.137. The van der Waals surface area contributed by atoms with Gasteiger partial charge in [-0.15, -0.1) is 11.3 Å². The molecule has 0 aliphatic rings. The Labute approximate surface area is 175 Å². The van der Waals surface area contributed by atoms with Gasteiger partial charge in [0.2, 0.25) is 0 Å². The normalized spacial score (nSPS) is 11.4. The van der Waals surface area contributed by atoms with Crippen molar-refractivity contribution < 1.29 is 27.8 Å². The Morgan fingerprint density at radius 1 is 1.07 bits per heavy atom. The van der Waals surface area contributed by atoms with Crippen LogP contribution < -0.4 is 10.1 Å². The molecule has 3 aromatic rings. The maximum Gasteiger partial charge on any atom is 0.426 e. The van der Waals surface area contributed by atoms with Gasteiger partial charge in [-0.2, -0.15) is 13.2 Å². The number of carboxylic acid groups (broad SMARTS) is 1. The first-order valence-electron chi connectivity index (χ1n) is 9.22. The van der Waals surface area contributed by atoms with Crippen molar-refractivity contribution in [3.8, 4) is 16.9 Å². The minimum Gasteiger partial charge on any atom is -0.488 e. The van der Waals surface area contributed by atoms with Crippen LogP contribution in [0.25, 0.3) is 11.1 Å². The lowest BCUT2D eigenvalue weighted by Crippen LogP contribution is -2.17. The Morgan fingerprint density at radius 3 is 2.40 bits per heavy atom. The first-order valence-corrected chi connectivity index (χ1v) is 10.0. The summed E-state index contributed by atoms with van der Waals surface area (Å²) in [7, 11) is 0. The molecule has 0 aliphatic carbocycles. The summed E-state index contributed by atoms with van der Waals surface area (Å²) >= 11 is 0.692. The zero-order valence-electron chi connectivity index (χ0n) is 15.9. The minimum absolute atomic E-state index is 0.0385. The number of carbonyl (C=O) groups is 1. The van der Waals surface area contributed by atoms with E-state index in [2.05, 4.69) is 5.32 Å². The molecule has 0 radical (unpaired) electrons. The molecule has 0 amide bonds. The lowest BCUT2D eigenvalue weighted by atomic mass is 10.1. The van der Waals surface area contributed by atoms with Crippen molar-refractivity contribution in [1.29, 1.82) is 0 Å². The van der Waals surface area contributed by atoms with Crippen LogP contribution in [0.1, 0.15) is 21.7 Å². The number of carboxylic acids is 1. The second-order valence-corrected chi connectivity index (χ2v) is 7.71. The molecular weight excluding hydrogens is 415 g/mol. The van der Waals surface area contributed by atoms with Gasteiger partial charge in [0.05, 0.1) is 6.42 Å². The zero-order valence-corrected chi connectivity index (χ0v) is 16.7. The summed E-state index contributed by atoms with van der Waals surface area (Å²) in [5.41, 5.74) is 1.64. The second-order valence-electron chi connectivity index (χ2n) is 6.57. The van der Waals surface area contributed by atoms with E-state index in [1.165, 1.54) is 6.07 Å².